The zero-order valence-corrected chi connectivity index (χ0v) is 16.1. The van der Waals surface area contributed by atoms with Crippen LogP contribution in [-0.4, -0.2) is 41.1 Å². The van der Waals surface area contributed by atoms with Crippen LogP contribution in [-0.2, 0) is 13.1 Å². The van der Waals surface area contributed by atoms with Crippen LogP contribution in [0.2, 0.25) is 0 Å². The largest absolute Gasteiger partial charge is 0.478 e. The quantitative estimate of drug-likeness (QED) is 0.718. The number of likely N-dealkylation sites (tertiary alicyclic amines) is 1. The molecule has 1 aliphatic rings. The smallest absolute Gasteiger partial charge is 0.335 e. The van der Waals surface area contributed by atoms with Crippen molar-refractivity contribution in [1.29, 1.82) is 0 Å². The maximum absolute atomic E-state index is 12.2. The van der Waals surface area contributed by atoms with Crippen molar-refractivity contribution < 1.29 is 14.7 Å². The Balaban J connectivity index is 1.42. The molecular weight excluding hydrogens is 354 g/mol. The van der Waals surface area contributed by atoms with E-state index in [1.807, 2.05) is 6.07 Å². The Kier molecular flexibility index (Phi) is 6.66. The number of aromatic carboxylic acids is 1. The summed E-state index contributed by atoms with van der Waals surface area (Å²) in [6.07, 6.45) is 0.925. The molecule has 0 aliphatic carbocycles. The second kappa shape index (κ2) is 9.37. The lowest BCUT2D eigenvalue weighted by Gasteiger charge is -2.37. The minimum atomic E-state index is -0.954. The third-order valence-electron chi connectivity index (χ3n) is 5.21. The van der Waals surface area contributed by atoms with Crippen molar-refractivity contribution in [2.75, 3.05) is 13.1 Å². The van der Waals surface area contributed by atoms with Gasteiger partial charge in [-0.1, -0.05) is 49.4 Å². The van der Waals surface area contributed by atoms with Gasteiger partial charge < -0.3 is 15.7 Å². The van der Waals surface area contributed by atoms with Crippen LogP contribution in [0.4, 0.5) is 4.79 Å². The van der Waals surface area contributed by atoms with Gasteiger partial charge in [-0.25, -0.2) is 9.59 Å². The van der Waals surface area contributed by atoms with Gasteiger partial charge in [0.25, 0.3) is 0 Å². The Morgan fingerprint density at radius 1 is 1.07 bits per heavy atom. The monoisotopic (exact) mass is 381 g/mol. The number of carbonyl (C=O) groups is 2. The van der Waals surface area contributed by atoms with Gasteiger partial charge in [-0.05, 0) is 35.6 Å². The Hall–Kier alpha value is -2.86. The van der Waals surface area contributed by atoms with Crippen LogP contribution < -0.4 is 10.6 Å². The number of nitrogens with one attached hydrogen (secondary N) is 2. The molecular formula is C22H27N3O3. The van der Waals surface area contributed by atoms with Crippen LogP contribution in [0.15, 0.2) is 54.6 Å². The Morgan fingerprint density at radius 2 is 1.79 bits per heavy atom. The summed E-state index contributed by atoms with van der Waals surface area (Å²) in [4.78, 5) is 25.6. The minimum absolute atomic E-state index is 0.154. The summed E-state index contributed by atoms with van der Waals surface area (Å²) in [6.45, 7) is 5.40. The number of carboxylic acids is 1. The number of nitrogens with zero attached hydrogens (tertiary/aromatic N) is 1. The average molecular weight is 381 g/mol. The summed E-state index contributed by atoms with van der Waals surface area (Å²) in [7, 11) is 0. The molecule has 2 atom stereocenters. The lowest BCUT2D eigenvalue weighted by atomic mass is 9.93. The van der Waals surface area contributed by atoms with Crippen molar-refractivity contribution in [3.63, 3.8) is 0 Å². The number of benzene rings is 2. The van der Waals surface area contributed by atoms with Gasteiger partial charge in [0.05, 0.1) is 5.56 Å². The maximum Gasteiger partial charge on any atom is 0.335 e. The van der Waals surface area contributed by atoms with Gasteiger partial charge in [0.1, 0.15) is 0 Å². The van der Waals surface area contributed by atoms with Gasteiger partial charge in [-0.3, -0.25) is 4.90 Å². The van der Waals surface area contributed by atoms with E-state index < -0.39 is 5.97 Å². The summed E-state index contributed by atoms with van der Waals surface area (Å²) in [5.41, 5.74) is 2.42. The zero-order valence-electron chi connectivity index (χ0n) is 16.1. The van der Waals surface area contributed by atoms with Gasteiger partial charge in [-0.2, -0.15) is 0 Å². The molecule has 0 aromatic heterocycles. The number of amides is 2. The highest BCUT2D eigenvalue weighted by Gasteiger charge is 2.27. The molecule has 2 amide bonds. The van der Waals surface area contributed by atoms with E-state index in [1.54, 1.807) is 24.3 Å². The van der Waals surface area contributed by atoms with Gasteiger partial charge in [0.2, 0.25) is 0 Å². The number of urea groups is 1. The fraction of sp³-hybridized carbons (Fsp3) is 0.364. The summed E-state index contributed by atoms with van der Waals surface area (Å²) in [5.74, 6) is -0.581. The number of hydrogen-bond acceptors (Lipinski definition) is 3. The van der Waals surface area contributed by atoms with Crippen molar-refractivity contribution in [2.45, 2.75) is 32.5 Å². The van der Waals surface area contributed by atoms with E-state index >= 15 is 0 Å². The van der Waals surface area contributed by atoms with E-state index in [1.165, 1.54) is 5.56 Å². The molecule has 0 spiro atoms. The van der Waals surface area contributed by atoms with Gasteiger partial charge in [0, 0.05) is 32.2 Å². The molecule has 3 N–H and O–H groups in total. The van der Waals surface area contributed by atoms with Crippen molar-refractivity contribution in [3.05, 3.63) is 71.3 Å². The molecule has 0 bridgehead atoms. The third-order valence-corrected chi connectivity index (χ3v) is 5.21. The predicted octanol–water partition coefficient (Wildman–Crippen LogP) is 3.09. The Morgan fingerprint density at radius 3 is 2.43 bits per heavy atom. The van der Waals surface area contributed by atoms with Gasteiger partial charge >= 0.3 is 12.0 Å². The minimum Gasteiger partial charge on any atom is -0.478 e. The van der Waals surface area contributed by atoms with E-state index in [2.05, 4.69) is 46.7 Å². The molecule has 0 saturated carbocycles. The van der Waals surface area contributed by atoms with Crippen LogP contribution in [0, 0.1) is 5.92 Å². The molecule has 3 rings (SSSR count). The maximum atomic E-state index is 12.2. The topological polar surface area (TPSA) is 81.7 Å². The van der Waals surface area contributed by atoms with E-state index in [4.69, 9.17) is 5.11 Å². The Labute approximate surface area is 165 Å². The highest BCUT2D eigenvalue weighted by molar-refractivity contribution is 5.87. The molecule has 2 aromatic rings. The predicted molar refractivity (Wildman–Crippen MR) is 108 cm³/mol. The van der Waals surface area contributed by atoms with E-state index in [0.717, 1.165) is 31.6 Å². The first-order valence-electron chi connectivity index (χ1n) is 9.64. The molecule has 2 aromatic carbocycles. The van der Waals surface area contributed by atoms with Crippen LogP contribution >= 0.6 is 0 Å². The van der Waals surface area contributed by atoms with Crippen molar-refractivity contribution in [3.8, 4) is 0 Å². The second-order valence-corrected chi connectivity index (χ2v) is 7.42. The van der Waals surface area contributed by atoms with Crippen LogP contribution in [0.1, 0.15) is 34.8 Å². The van der Waals surface area contributed by atoms with Crippen molar-refractivity contribution >= 4 is 12.0 Å². The highest BCUT2D eigenvalue weighted by atomic mass is 16.4. The first kappa shape index (κ1) is 19.9. The molecule has 1 aliphatic heterocycles. The summed E-state index contributed by atoms with van der Waals surface area (Å²) in [5, 5.41) is 14.9. The number of hydrogen-bond donors (Lipinski definition) is 3. The van der Waals surface area contributed by atoms with Crippen molar-refractivity contribution in [2.24, 2.45) is 5.92 Å². The average Bonchev–Trinajstić information content (AvgIpc) is 2.69. The highest BCUT2D eigenvalue weighted by Crippen LogP contribution is 2.19. The van der Waals surface area contributed by atoms with Gasteiger partial charge in [-0.15, -0.1) is 0 Å². The molecule has 1 saturated heterocycles. The number of carboxylic acid groups (broad SMARTS) is 1. The molecule has 6 heteroatoms. The second-order valence-electron chi connectivity index (χ2n) is 7.42. The van der Waals surface area contributed by atoms with Crippen LogP contribution in [0.3, 0.4) is 0 Å². The molecule has 1 heterocycles. The van der Waals surface area contributed by atoms with E-state index in [9.17, 15) is 9.59 Å². The summed E-state index contributed by atoms with van der Waals surface area (Å²) < 4.78 is 0. The van der Waals surface area contributed by atoms with Crippen LogP contribution in [0.25, 0.3) is 0 Å². The van der Waals surface area contributed by atoms with Crippen LogP contribution in [0.5, 0.6) is 0 Å². The molecule has 0 radical (unpaired) electrons. The molecule has 2 unspecified atom stereocenters. The first-order valence-corrected chi connectivity index (χ1v) is 9.64. The lowest BCUT2D eigenvalue weighted by Crippen LogP contribution is -2.51. The fourth-order valence-electron chi connectivity index (χ4n) is 3.60. The third kappa shape index (κ3) is 5.57. The Bertz CT molecular complexity index is 792. The molecule has 6 nitrogen and oxygen atoms in total. The standard InChI is InChI=1S/C22H27N3O3/c1-16-14-25(15-18-5-3-2-4-6-18)12-11-20(16)24-22(28)23-13-17-7-9-19(10-8-17)21(26)27/h2-10,16,20H,11-15H2,1H3,(H,26,27)(H2,23,24,28). The fourth-order valence-corrected chi connectivity index (χ4v) is 3.60. The summed E-state index contributed by atoms with van der Waals surface area (Å²) >= 11 is 0. The first-order chi connectivity index (χ1) is 13.5. The number of carbonyl (C=O) groups excluding carboxylic acids is 1. The van der Waals surface area contributed by atoms with Gasteiger partial charge in [0.15, 0.2) is 0 Å². The molecule has 148 valence electrons. The molecule has 1 fully saturated rings. The van der Waals surface area contributed by atoms with E-state index in [0.29, 0.717) is 12.5 Å². The normalized spacial score (nSPS) is 19.8. The summed E-state index contributed by atoms with van der Waals surface area (Å²) in [6, 6.07) is 16.9. The SMILES string of the molecule is CC1CN(Cc2ccccc2)CCC1NC(=O)NCc1ccc(C(=O)O)cc1. The van der Waals surface area contributed by atoms with E-state index in [-0.39, 0.29) is 17.6 Å². The van der Waals surface area contributed by atoms with Crippen molar-refractivity contribution in [1.82, 2.24) is 15.5 Å². The molecule has 28 heavy (non-hydrogen) atoms. The number of rotatable bonds is 6. The lowest BCUT2D eigenvalue weighted by molar-refractivity contribution is 0.0697. The zero-order chi connectivity index (χ0) is 19.9. The number of piperidine rings is 1.